The van der Waals surface area contributed by atoms with Crippen molar-refractivity contribution in [3.05, 3.63) is 34.4 Å². The highest BCUT2D eigenvalue weighted by molar-refractivity contribution is 7.89. The molecular weight excluding hydrogens is 310 g/mol. The smallest absolute Gasteiger partial charge is 0.269 e. The molecule has 1 aromatic rings. The maximum Gasteiger partial charge on any atom is 0.269 e. The van der Waals surface area contributed by atoms with Crippen LogP contribution in [0.25, 0.3) is 0 Å². The van der Waals surface area contributed by atoms with Crippen LogP contribution in [0.1, 0.15) is 12.8 Å². The van der Waals surface area contributed by atoms with Crippen molar-refractivity contribution in [3.63, 3.8) is 0 Å². The van der Waals surface area contributed by atoms with Gasteiger partial charge in [0.05, 0.1) is 15.9 Å². The van der Waals surface area contributed by atoms with E-state index in [0.29, 0.717) is 13.0 Å². The highest BCUT2D eigenvalue weighted by atomic mass is 32.2. The summed E-state index contributed by atoms with van der Waals surface area (Å²) in [5, 5.41) is 19.3. The van der Waals surface area contributed by atoms with Crippen LogP contribution in [0.15, 0.2) is 29.2 Å². The Bertz CT molecular complexity index is 637. The zero-order valence-electron chi connectivity index (χ0n) is 12.1. The van der Waals surface area contributed by atoms with Crippen molar-refractivity contribution in [3.8, 4) is 6.07 Å². The lowest BCUT2D eigenvalue weighted by Crippen LogP contribution is -2.33. The van der Waals surface area contributed by atoms with Gasteiger partial charge in [0, 0.05) is 45.4 Å². The normalized spacial score (nSPS) is 11.3. The van der Waals surface area contributed by atoms with E-state index in [-0.39, 0.29) is 30.1 Å². The summed E-state index contributed by atoms with van der Waals surface area (Å²) in [6.07, 6.45) is 0.563. The molecule has 0 heterocycles. The standard InChI is InChI=1S/C13H17N3O5S/c1-21-11-3-10-15(9-2-8-14)22(19,20)13-6-4-12(5-7-13)16(17)18/h4-7H,2-3,9-11H2,1H3. The predicted molar refractivity (Wildman–Crippen MR) is 78.6 cm³/mol. The fourth-order valence-corrected chi connectivity index (χ4v) is 3.28. The Morgan fingerprint density at radius 2 is 1.95 bits per heavy atom. The van der Waals surface area contributed by atoms with Crippen molar-refractivity contribution in [1.82, 2.24) is 4.31 Å². The first kappa shape index (κ1) is 18.0. The Balaban J connectivity index is 2.98. The number of nitro groups is 1. The Morgan fingerprint density at radius 1 is 1.32 bits per heavy atom. The molecule has 0 unspecified atom stereocenters. The van der Waals surface area contributed by atoms with Crippen molar-refractivity contribution in [2.24, 2.45) is 0 Å². The second-order valence-corrected chi connectivity index (χ2v) is 6.35. The van der Waals surface area contributed by atoms with E-state index in [0.717, 1.165) is 12.1 Å². The van der Waals surface area contributed by atoms with Gasteiger partial charge in [-0.1, -0.05) is 0 Å². The fourth-order valence-electron chi connectivity index (χ4n) is 1.80. The monoisotopic (exact) mass is 327 g/mol. The van der Waals surface area contributed by atoms with Crippen molar-refractivity contribution < 1.29 is 18.1 Å². The first-order valence-corrected chi connectivity index (χ1v) is 7.98. The summed E-state index contributed by atoms with van der Waals surface area (Å²) < 4.78 is 31.1. The highest BCUT2D eigenvalue weighted by Gasteiger charge is 2.24. The third-order valence-electron chi connectivity index (χ3n) is 2.91. The Morgan fingerprint density at radius 3 is 2.45 bits per heavy atom. The minimum absolute atomic E-state index is 0.0338. The molecule has 0 N–H and O–H groups in total. The zero-order chi connectivity index (χ0) is 16.6. The molecule has 120 valence electrons. The summed E-state index contributed by atoms with van der Waals surface area (Å²) >= 11 is 0. The second-order valence-electron chi connectivity index (χ2n) is 4.41. The molecule has 0 spiro atoms. The molecule has 9 heteroatoms. The molecule has 0 aliphatic carbocycles. The lowest BCUT2D eigenvalue weighted by molar-refractivity contribution is -0.384. The fraction of sp³-hybridized carbons (Fsp3) is 0.462. The lowest BCUT2D eigenvalue weighted by Gasteiger charge is -2.21. The van der Waals surface area contributed by atoms with Crippen molar-refractivity contribution in [2.75, 3.05) is 26.8 Å². The number of nitriles is 1. The van der Waals surface area contributed by atoms with E-state index in [1.165, 1.54) is 23.5 Å². The highest BCUT2D eigenvalue weighted by Crippen LogP contribution is 2.20. The van der Waals surface area contributed by atoms with Gasteiger partial charge >= 0.3 is 0 Å². The van der Waals surface area contributed by atoms with Gasteiger partial charge in [0.2, 0.25) is 10.0 Å². The molecule has 0 aliphatic rings. The van der Waals surface area contributed by atoms with E-state index >= 15 is 0 Å². The van der Waals surface area contributed by atoms with Crippen LogP contribution in [-0.4, -0.2) is 44.5 Å². The van der Waals surface area contributed by atoms with E-state index in [9.17, 15) is 18.5 Å². The molecule has 0 aliphatic heterocycles. The average molecular weight is 327 g/mol. The number of benzene rings is 1. The van der Waals surface area contributed by atoms with Gasteiger partial charge in [0.25, 0.3) is 5.69 Å². The molecule has 1 aromatic carbocycles. The van der Waals surface area contributed by atoms with Gasteiger partial charge in [-0.05, 0) is 18.6 Å². The number of hydrogen-bond acceptors (Lipinski definition) is 6. The molecule has 0 atom stereocenters. The summed E-state index contributed by atoms with van der Waals surface area (Å²) in [7, 11) is -2.27. The van der Waals surface area contributed by atoms with Crippen LogP contribution in [0.5, 0.6) is 0 Å². The molecule has 0 fully saturated rings. The summed E-state index contributed by atoms with van der Waals surface area (Å²) in [5.41, 5.74) is -0.179. The van der Waals surface area contributed by atoms with Crippen LogP contribution < -0.4 is 0 Å². The zero-order valence-corrected chi connectivity index (χ0v) is 13.0. The van der Waals surface area contributed by atoms with Crippen LogP contribution in [0.3, 0.4) is 0 Å². The summed E-state index contributed by atoms with van der Waals surface area (Å²) in [5.74, 6) is 0. The lowest BCUT2D eigenvalue weighted by atomic mass is 10.3. The van der Waals surface area contributed by atoms with Crippen LogP contribution in [0.2, 0.25) is 0 Å². The number of hydrogen-bond donors (Lipinski definition) is 0. The largest absolute Gasteiger partial charge is 0.385 e. The minimum Gasteiger partial charge on any atom is -0.385 e. The number of rotatable bonds is 9. The number of ether oxygens (including phenoxy) is 1. The SMILES string of the molecule is COCCCN(CCC#N)S(=O)(=O)c1ccc([N+](=O)[O-])cc1. The maximum atomic E-state index is 12.5. The molecule has 0 amide bonds. The topological polar surface area (TPSA) is 114 Å². The predicted octanol–water partition coefficient (Wildman–Crippen LogP) is 1.54. The molecule has 22 heavy (non-hydrogen) atoms. The number of nitrogens with zero attached hydrogens (tertiary/aromatic N) is 3. The molecule has 1 rings (SSSR count). The van der Waals surface area contributed by atoms with E-state index in [1.54, 1.807) is 0 Å². The van der Waals surface area contributed by atoms with Gasteiger partial charge in [0.1, 0.15) is 0 Å². The van der Waals surface area contributed by atoms with Crippen molar-refractivity contribution >= 4 is 15.7 Å². The molecular formula is C13H17N3O5S. The van der Waals surface area contributed by atoms with Crippen molar-refractivity contribution in [2.45, 2.75) is 17.7 Å². The van der Waals surface area contributed by atoms with E-state index < -0.39 is 14.9 Å². The third kappa shape index (κ3) is 4.77. The Kier molecular flexibility index (Phi) is 6.91. The van der Waals surface area contributed by atoms with Gasteiger partial charge in [-0.25, -0.2) is 8.42 Å². The van der Waals surface area contributed by atoms with Gasteiger partial charge in [0.15, 0.2) is 0 Å². The number of non-ortho nitro benzene ring substituents is 1. The Labute approximate surface area is 129 Å². The summed E-state index contributed by atoms with van der Waals surface area (Å²) in [6.45, 7) is 0.688. The number of sulfonamides is 1. The van der Waals surface area contributed by atoms with Gasteiger partial charge in [-0.2, -0.15) is 9.57 Å². The number of methoxy groups -OCH3 is 1. The average Bonchev–Trinajstić information content (AvgIpc) is 2.50. The molecule has 0 saturated heterocycles. The quantitative estimate of drug-likeness (QED) is 0.386. The molecule has 0 aromatic heterocycles. The molecule has 0 radical (unpaired) electrons. The van der Waals surface area contributed by atoms with Crippen LogP contribution in [0.4, 0.5) is 5.69 Å². The van der Waals surface area contributed by atoms with E-state index in [1.807, 2.05) is 6.07 Å². The summed E-state index contributed by atoms with van der Waals surface area (Å²) in [4.78, 5) is 9.98. The van der Waals surface area contributed by atoms with Crippen molar-refractivity contribution in [1.29, 1.82) is 5.26 Å². The molecule has 0 bridgehead atoms. The first-order chi connectivity index (χ1) is 10.4. The third-order valence-corrected chi connectivity index (χ3v) is 4.83. The second kappa shape index (κ2) is 8.43. The van der Waals surface area contributed by atoms with Crippen LogP contribution in [0, 0.1) is 21.4 Å². The van der Waals surface area contributed by atoms with Gasteiger partial charge < -0.3 is 4.74 Å². The first-order valence-electron chi connectivity index (χ1n) is 6.54. The van der Waals surface area contributed by atoms with Gasteiger partial charge in [-0.3, -0.25) is 10.1 Å². The molecule has 8 nitrogen and oxygen atoms in total. The molecule has 0 saturated carbocycles. The van der Waals surface area contributed by atoms with Crippen LogP contribution in [-0.2, 0) is 14.8 Å². The van der Waals surface area contributed by atoms with Gasteiger partial charge in [-0.15, -0.1) is 0 Å². The minimum atomic E-state index is -3.79. The maximum absolute atomic E-state index is 12.5. The number of nitro benzene ring substituents is 1. The summed E-state index contributed by atoms with van der Waals surface area (Å²) in [6, 6.07) is 6.59. The van der Waals surface area contributed by atoms with E-state index in [2.05, 4.69) is 0 Å². The Hall–Kier alpha value is -2.02. The van der Waals surface area contributed by atoms with Crippen LogP contribution >= 0.6 is 0 Å². The van der Waals surface area contributed by atoms with E-state index in [4.69, 9.17) is 10.00 Å².